The zero-order chi connectivity index (χ0) is 24.1. The van der Waals surface area contributed by atoms with Crippen LogP contribution in [0, 0.1) is 0 Å². The van der Waals surface area contributed by atoms with Crippen LogP contribution in [0.15, 0.2) is 72.6 Å². The first-order valence-electron chi connectivity index (χ1n) is 11.0. The van der Waals surface area contributed by atoms with Gasteiger partial charge in [0, 0.05) is 11.4 Å². The van der Waals surface area contributed by atoms with E-state index in [9.17, 15) is 9.59 Å². The maximum atomic E-state index is 12.3. The van der Waals surface area contributed by atoms with Crippen molar-refractivity contribution in [2.24, 2.45) is 0 Å². The first kappa shape index (κ1) is 23.4. The zero-order valence-electron chi connectivity index (χ0n) is 18.9. The molecule has 1 amide bonds. The third kappa shape index (κ3) is 5.42. The highest BCUT2D eigenvalue weighted by atomic mass is 35.5. The third-order valence-electron chi connectivity index (χ3n) is 5.40. The van der Waals surface area contributed by atoms with Crippen molar-refractivity contribution in [3.63, 3.8) is 0 Å². The number of carbonyl (C=O) groups is 1. The molecule has 0 aromatic heterocycles. The van der Waals surface area contributed by atoms with Gasteiger partial charge in [-0.3, -0.25) is 10.1 Å². The summed E-state index contributed by atoms with van der Waals surface area (Å²) in [5.41, 5.74) is 0.673. The Morgan fingerprint density at radius 3 is 2.44 bits per heavy atom. The number of aryl methyl sites for hydroxylation is 1. The summed E-state index contributed by atoms with van der Waals surface area (Å²) in [6, 6.07) is 20.4. The Bertz CT molecular complexity index is 1250. The molecule has 34 heavy (non-hydrogen) atoms. The summed E-state index contributed by atoms with van der Waals surface area (Å²) < 4.78 is 17.6. The van der Waals surface area contributed by atoms with E-state index in [-0.39, 0.29) is 18.2 Å². The summed E-state index contributed by atoms with van der Waals surface area (Å²) in [6.07, 6.45) is 2.04. The van der Waals surface area contributed by atoms with E-state index in [0.717, 1.165) is 29.7 Å². The smallest absolute Gasteiger partial charge is 0.283 e. The predicted molar refractivity (Wildman–Crippen MR) is 129 cm³/mol. The number of rotatable bonds is 8. The van der Waals surface area contributed by atoms with Crippen LogP contribution in [0.3, 0.4) is 0 Å². The second kappa shape index (κ2) is 10.0. The third-order valence-corrected chi connectivity index (χ3v) is 5.65. The van der Waals surface area contributed by atoms with Gasteiger partial charge in [0.05, 0.1) is 0 Å². The molecule has 1 N–H and O–H groups in total. The Labute approximate surface area is 203 Å². The molecule has 1 heterocycles. The average Bonchev–Trinajstić information content (AvgIpc) is 3.10. The Kier molecular flexibility index (Phi) is 6.92. The molecule has 0 radical (unpaired) electrons. The van der Waals surface area contributed by atoms with E-state index in [1.165, 1.54) is 0 Å². The quantitative estimate of drug-likeness (QED) is 0.403. The molecule has 1 saturated heterocycles. The molecule has 0 saturated carbocycles. The monoisotopic (exact) mass is 477 g/mol. The molecule has 7 heteroatoms. The summed E-state index contributed by atoms with van der Waals surface area (Å²) in [5.74, 6) is 3.80. The van der Waals surface area contributed by atoms with Crippen LogP contribution in [-0.2, 0) is 27.2 Å². The summed E-state index contributed by atoms with van der Waals surface area (Å²) in [4.78, 5) is 23.1. The molecule has 0 unspecified atom stereocenters. The maximum Gasteiger partial charge on any atom is 0.283 e. The first-order valence-corrected chi connectivity index (χ1v) is 11.3. The Morgan fingerprint density at radius 1 is 1.00 bits per heavy atom. The van der Waals surface area contributed by atoms with Crippen molar-refractivity contribution < 1.29 is 23.8 Å². The lowest BCUT2D eigenvalue weighted by atomic mass is 9.96. The number of hydrogen-bond acceptors (Lipinski definition) is 5. The number of halogens is 1. The van der Waals surface area contributed by atoms with Gasteiger partial charge in [-0.15, -0.1) is 0 Å². The maximum absolute atomic E-state index is 12.3. The van der Waals surface area contributed by atoms with E-state index in [1.807, 2.05) is 54.6 Å². The van der Waals surface area contributed by atoms with Gasteiger partial charge in [0.1, 0.15) is 23.0 Å². The average molecular weight is 478 g/mol. The van der Waals surface area contributed by atoms with Crippen LogP contribution in [0.2, 0.25) is 5.02 Å². The van der Waals surface area contributed by atoms with Gasteiger partial charge in [-0.05, 0) is 79.1 Å². The lowest BCUT2D eigenvalue weighted by Gasteiger charge is -2.20. The molecule has 0 aliphatic carbocycles. The molecule has 174 valence electrons. The minimum Gasteiger partial charge on any atom is -0.457 e. The van der Waals surface area contributed by atoms with Gasteiger partial charge in [-0.25, -0.2) is 4.79 Å². The minimum atomic E-state index is -1.18. The number of carbonyl (C=O) groups excluding carboxylic acids is 2. The molecule has 1 aliphatic heterocycles. The van der Waals surface area contributed by atoms with Crippen LogP contribution in [-0.4, -0.2) is 17.4 Å². The van der Waals surface area contributed by atoms with Crippen LogP contribution in [0.25, 0.3) is 0 Å². The number of benzene rings is 3. The summed E-state index contributed by atoms with van der Waals surface area (Å²) >= 11 is 5.95. The van der Waals surface area contributed by atoms with Gasteiger partial charge in [0.2, 0.25) is 0 Å². The van der Waals surface area contributed by atoms with Crippen molar-refractivity contribution in [1.29, 1.82) is 0 Å². The van der Waals surface area contributed by atoms with Crippen molar-refractivity contribution in [1.82, 2.24) is 5.32 Å². The lowest BCUT2D eigenvalue weighted by Crippen LogP contribution is -2.38. The Balaban J connectivity index is 1.52. The molecule has 0 spiro atoms. The Morgan fingerprint density at radius 2 is 1.74 bits per heavy atom. The topological polar surface area (TPSA) is 73.9 Å². The Hall–Kier alpha value is -3.73. The van der Waals surface area contributed by atoms with Gasteiger partial charge in [0.15, 0.2) is 11.5 Å². The van der Waals surface area contributed by atoms with Crippen LogP contribution < -0.4 is 14.8 Å². The molecule has 4 rings (SSSR count). The van der Waals surface area contributed by atoms with E-state index in [1.54, 1.807) is 25.0 Å². The fourth-order valence-electron chi connectivity index (χ4n) is 3.75. The van der Waals surface area contributed by atoms with Crippen molar-refractivity contribution in [3.8, 4) is 23.0 Å². The first-order chi connectivity index (χ1) is 16.4. The predicted octanol–water partition coefficient (Wildman–Crippen LogP) is 6.00. The van der Waals surface area contributed by atoms with Crippen molar-refractivity contribution >= 4 is 23.4 Å². The van der Waals surface area contributed by atoms with Gasteiger partial charge >= 0.3 is 0 Å². The van der Waals surface area contributed by atoms with Crippen molar-refractivity contribution in [2.75, 3.05) is 0 Å². The van der Waals surface area contributed by atoms with Gasteiger partial charge < -0.3 is 14.2 Å². The van der Waals surface area contributed by atoms with Crippen molar-refractivity contribution in [3.05, 3.63) is 88.8 Å². The highest BCUT2D eigenvalue weighted by Crippen LogP contribution is 2.33. The van der Waals surface area contributed by atoms with E-state index in [0.29, 0.717) is 22.3 Å². The van der Waals surface area contributed by atoms with Crippen LogP contribution in [0.5, 0.6) is 23.0 Å². The number of hydrogen-bond donors (Lipinski definition) is 1. The molecule has 0 bridgehead atoms. The summed E-state index contributed by atoms with van der Waals surface area (Å²) in [6.45, 7) is 3.74. The molecule has 3 aromatic rings. The molecule has 6 nitrogen and oxygen atoms in total. The number of ether oxygens (including phenoxy) is 3. The molecule has 1 aliphatic rings. The van der Waals surface area contributed by atoms with E-state index in [2.05, 4.69) is 12.2 Å². The second-order valence-corrected chi connectivity index (χ2v) is 8.66. The largest absolute Gasteiger partial charge is 0.457 e. The van der Waals surface area contributed by atoms with E-state index < -0.39 is 5.60 Å². The molecule has 1 fully saturated rings. The highest BCUT2D eigenvalue weighted by Gasteiger charge is 2.43. The fraction of sp³-hybridized carbons (Fsp3) is 0.222. The SMILES string of the molecule is CCCc1cc(Oc2ccc(Cl)cc2)ccc1Oc1cccc(C[C@@]2(C)OC(=C=O)NC2=O)c1. The highest BCUT2D eigenvalue weighted by molar-refractivity contribution is 6.30. The summed E-state index contributed by atoms with van der Waals surface area (Å²) in [7, 11) is 0. The van der Waals surface area contributed by atoms with Crippen LogP contribution in [0.1, 0.15) is 31.4 Å². The number of nitrogens with one attached hydrogen (secondary N) is 1. The molecule has 3 aromatic carbocycles. The molecule has 1 atom stereocenters. The standard InChI is InChI=1S/C27H24ClNO5/c1-3-5-19-15-23(32-21-10-8-20(28)9-11-21)12-13-24(19)33-22-7-4-6-18(14-22)16-27(2)26(31)29-25(17-30)34-27/h4,6-15H,3,5,16H2,1-2H3,(H,29,31)/t27-/m1/s1. The van der Waals surface area contributed by atoms with E-state index in [4.69, 9.17) is 25.8 Å². The van der Waals surface area contributed by atoms with Crippen molar-refractivity contribution in [2.45, 2.75) is 38.7 Å². The van der Waals surface area contributed by atoms with Gasteiger partial charge in [-0.2, -0.15) is 0 Å². The molecular weight excluding hydrogens is 454 g/mol. The van der Waals surface area contributed by atoms with Gasteiger partial charge in [-0.1, -0.05) is 37.1 Å². The summed E-state index contributed by atoms with van der Waals surface area (Å²) in [5, 5.41) is 3.05. The van der Waals surface area contributed by atoms with E-state index >= 15 is 0 Å². The minimum absolute atomic E-state index is 0.190. The number of amides is 1. The van der Waals surface area contributed by atoms with Crippen LogP contribution >= 0.6 is 11.6 Å². The fourth-order valence-corrected chi connectivity index (χ4v) is 3.88. The molecular formula is C27H24ClNO5. The normalized spacial score (nSPS) is 17.0. The lowest BCUT2D eigenvalue weighted by molar-refractivity contribution is -0.130. The van der Waals surface area contributed by atoms with Crippen LogP contribution in [0.4, 0.5) is 0 Å². The second-order valence-electron chi connectivity index (χ2n) is 8.22. The zero-order valence-corrected chi connectivity index (χ0v) is 19.6. The van der Waals surface area contributed by atoms with Gasteiger partial charge in [0.25, 0.3) is 11.8 Å².